The van der Waals surface area contributed by atoms with Crippen LogP contribution in [0.2, 0.25) is 0 Å². The minimum atomic E-state index is 0.0763. The van der Waals surface area contributed by atoms with Gasteiger partial charge in [-0.2, -0.15) is 0 Å². The molecule has 1 N–H and O–H groups in total. The molecule has 1 aliphatic rings. The quantitative estimate of drug-likeness (QED) is 0.857. The van der Waals surface area contributed by atoms with Gasteiger partial charge >= 0.3 is 0 Å². The van der Waals surface area contributed by atoms with E-state index in [1.807, 2.05) is 33.8 Å². The van der Waals surface area contributed by atoms with Crippen molar-refractivity contribution >= 4 is 5.78 Å². The molecule has 0 bridgehead atoms. The van der Waals surface area contributed by atoms with Gasteiger partial charge in [-0.1, -0.05) is 6.07 Å². The van der Waals surface area contributed by atoms with Gasteiger partial charge in [0.05, 0.1) is 11.7 Å². The molecule has 1 fully saturated rings. The summed E-state index contributed by atoms with van der Waals surface area (Å²) in [6, 6.07) is 4.05. The molecular weight excluding hydrogens is 250 g/mol. The van der Waals surface area contributed by atoms with Crippen LogP contribution >= 0.6 is 0 Å². The number of benzene rings is 1. The van der Waals surface area contributed by atoms with Gasteiger partial charge in [0, 0.05) is 12.5 Å². The lowest BCUT2D eigenvalue weighted by molar-refractivity contribution is 0.0893. The predicted octanol–water partition coefficient (Wildman–Crippen LogP) is 3.27. The number of carbonyl (C=O) groups excluding carboxylic acids is 1. The Morgan fingerprint density at radius 1 is 1.35 bits per heavy atom. The predicted molar refractivity (Wildman–Crippen MR) is 81.6 cm³/mol. The van der Waals surface area contributed by atoms with E-state index in [2.05, 4.69) is 11.4 Å². The van der Waals surface area contributed by atoms with Gasteiger partial charge < -0.3 is 10.1 Å². The van der Waals surface area contributed by atoms with Crippen molar-refractivity contribution in [1.82, 2.24) is 5.32 Å². The van der Waals surface area contributed by atoms with Gasteiger partial charge in [-0.05, 0) is 64.3 Å². The van der Waals surface area contributed by atoms with Gasteiger partial charge in [0.2, 0.25) is 0 Å². The molecule has 0 radical (unpaired) electrons. The monoisotopic (exact) mass is 275 g/mol. The number of hydrogen-bond acceptors (Lipinski definition) is 3. The van der Waals surface area contributed by atoms with Crippen LogP contribution in [-0.4, -0.2) is 25.0 Å². The van der Waals surface area contributed by atoms with E-state index in [0.717, 1.165) is 48.4 Å². The Morgan fingerprint density at radius 2 is 2.10 bits per heavy atom. The lowest BCUT2D eigenvalue weighted by Gasteiger charge is -2.24. The van der Waals surface area contributed by atoms with Gasteiger partial charge in [0.15, 0.2) is 5.78 Å². The third kappa shape index (κ3) is 3.40. The summed E-state index contributed by atoms with van der Waals surface area (Å²) in [5.41, 5.74) is 2.92. The molecule has 0 saturated carbocycles. The maximum absolute atomic E-state index is 12.8. The molecule has 3 nitrogen and oxygen atoms in total. The maximum Gasteiger partial charge on any atom is 0.170 e. The molecule has 110 valence electrons. The van der Waals surface area contributed by atoms with Crippen molar-refractivity contribution in [3.8, 4) is 5.75 Å². The smallest absolute Gasteiger partial charge is 0.170 e. The normalized spacial score (nSPS) is 19.1. The minimum absolute atomic E-state index is 0.0763. The highest BCUT2D eigenvalue weighted by Crippen LogP contribution is 2.30. The van der Waals surface area contributed by atoms with Crippen LogP contribution in [-0.2, 0) is 0 Å². The van der Waals surface area contributed by atoms with Crippen LogP contribution in [0.5, 0.6) is 5.75 Å². The number of carbonyl (C=O) groups is 1. The summed E-state index contributed by atoms with van der Waals surface area (Å²) in [5, 5.41) is 3.31. The highest BCUT2D eigenvalue weighted by molar-refractivity contribution is 6.01. The Balaban J connectivity index is 2.35. The average molecular weight is 275 g/mol. The topological polar surface area (TPSA) is 38.3 Å². The second-order valence-electron chi connectivity index (χ2n) is 6.03. The fourth-order valence-electron chi connectivity index (χ4n) is 2.83. The van der Waals surface area contributed by atoms with Crippen LogP contribution in [0.1, 0.15) is 48.2 Å². The second-order valence-corrected chi connectivity index (χ2v) is 6.03. The third-order valence-corrected chi connectivity index (χ3v) is 3.71. The molecule has 0 spiro atoms. The van der Waals surface area contributed by atoms with Crippen LogP contribution < -0.4 is 10.1 Å². The average Bonchev–Trinajstić information content (AvgIpc) is 2.41. The fraction of sp³-hybridized carbons (Fsp3) is 0.588. The van der Waals surface area contributed by atoms with Crippen LogP contribution in [0.3, 0.4) is 0 Å². The SMILES string of the molecule is Cc1cc(C)c(OC(C)C)c(C(=O)C2CCCNC2)c1. The highest BCUT2D eigenvalue weighted by atomic mass is 16.5. The Morgan fingerprint density at radius 3 is 2.70 bits per heavy atom. The molecular formula is C17H25NO2. The largest absolute Gasteiger partial charge is 0.490 e. The van der Waals surface area contributed by atoms with Crippen LogP contribution in [0, 0.1) is 19.8 Å². The summed E-state index contributed by atoms with van der Waals surface area (Å²) in [6.45, 7) is 9.84. The van der Waals surface area contributed by atoms with Crippen molar-refractivity contribution < 1.29 is 9.53 Å². The number of piperidine rings is 1. The number of ether oxygens (including phenoxy) is 1. The summed E-state index contributed by atoms with van der Waals surface area (Å²) < 4.78 is 5.90. The first-order valence-electron chi connectivity index (χ1n) is 7.52. The second kappa shape index (κ2) is 6.40. The summed E-state index contributed by atoms with van der Waals surface area (Å²) in [7, 11) is 0. The fourth-order valence-corrected chi connectivity index (χ4v) is 2.83. The Hall–Kier alpha value is -1.35. The molecule has 1 heterocycles. The van der Waals surface area contributed by atoms with Crippen LogP contribution in [0.4, 0.5) is 0 Å². The molecule has 1 aromatic carbocycles. The van der Waals surface area contributed by atoms with Gasteiger partial charge in [-0.3, -0.25) is 4.79 Å². The van der Waals surface area contributed by atoms with Crippen LogP contribution in [0.25, 0.3) is 0 Å². The molecule has 3 heteroatoms. The number of nitrogens with one attached hydrogen (secondary N) is 1. The van der Waals surface area contributed by atoms with Crippen molar-refractivity contribution in [2.45, 2.75) is 46.6 Å². The summed E-state index contributed by atoms with van der Waals surface area (Å²) in [4.78, 5) is 12.8. The van der Waals surface area contributed by atoms with E-state index < -0.39 is 0 Å². The molecule has 0 amide bonds. The number of rotatable bonds is 4. The zero-order valence-corrected chi connectivity index (χ0v) is 13.0. The minimum Gasteiger partial charge on any atom is -0.490 e. The van der Waals surface area contributed by atoms with E-state index in [0.29, 0.717) is 0 Å². The first-order chi connectivity index (χ1) is 9.49. The molecule has 0 aliphatic carbocycles. The number of ketones is 1. The number of hydrogen-bond donors (Lipinski definition) is 1. The van der Waals surface area contributed by atoms with Gasteiger partial charge in [0.1, 0.15) is 5.75 Å². The molecule has 1 aromatic rings. The lowest BCUT2D eigenvalue weighted by atomic mass is 9.89. The zero-order chi connectivity index (χ0) is 14.7. The summed E-state index contributed by atoms with van der Waals surface area (Å²) in [5.74, 6) is 1.07. The van der Waals surface area contributed by atoms with E-state index in [4.69, 9.17) is 4.74 Å². The first-order valence-corrected chi connectivity index (χ1v) is 7.52. The van der Waals surface area contributed by atoms with Crippen molar-refractivity contribution in [3.05, 3.63) is 28.8 Å². The van der Waals surface area contributed by atoms with E-state index in [1.165, 1.54) is 0 Å². The van der Waals surface area contributed by atoms with E-state index in [-0.39, 0.29) is 17.8 Å². The Labute approximate surface area is 121 Å². The van der Waals surface area contributed by atoms with E-state index in [1.54, 1.807) is 0 Å². The molecule has 1 atom stereocenters. The molecule has 1 aliphatic heterocycles. The van der Waals surface area contributed by atoms with Gasteiger partial charge in [-0.25, -0.2) is 0 Å². The van der Waals surface area contributed by atoms with Crippen molar-refractivity contribution in [2.75, 3.05) is 13.1 Å². The van der Waals surface area contributed by atoms with Crippen molar-refractivity contribution in [2.24, 2.45) is 5.92 Å². The number of aryl methyl sites for hydroxylation is 2. The molecule has 0 aromatic heterocycles. The molecule has 1 saturated heterocycles. The Bertz CT molecular complexity index is 488. The maximum atomic E-state index is 12.8. The van der Waals surface area contributed by atoms with Crippen molar-refractivity contribution in [1.29, 1.82) is 0 Å². The molecule has 2 rings (SSSR count). The Kier molecular flexibility index (Phi) is 4.81. The summed E-state index contributed by atoms with van der Waals surface area (Å²) >= 11 is 0. The van der Waals surface area contributed by atoms with Gasteiger partial charge in [0.25, 0.3) is 0 Å². The van der Waals surface area contributed by atoms with Crippen molar-refractivity contribution in [3.63, 3.8) is 0 Å². The molecule has 20 heavy (non-hydrogen) atoms. The van der Waals surface area contributed by atoms with Gasteiger partial charge in [-0.15, -0.1) is 0 Å². The first kappa shape index (κ1) is 15.0. The zero-order valence-electron chi connectivity index (χ0n) is 13.0. The molecule has 1 unspecified atom stereocenters. The standard InChI is InChI=1S/C17H25NO2/c1-11(2)20-17-13(4)8-12(3)9-15(17)16(19)14-6-5-7-18-10-14/h8-9,11,14,18H,5-7,10H2,1-4H3. The van der Waals surface area contributed by atoms with E-state index >= 15 is 0 Å². The number of Topliss-reactive ketones (excluding diaryl/α,β-unsaturated/α-hetero) is 1. The van der Waals surface area contributed by atoms with E-state index in [9.17, 15) is 4.79 Å². The third-order valence-electron chi connectivity index (χ3n) is 3.71. The van der Waals surface area contributed by atoms with Crippen LogP contribution in [0.15, 0.2) is 12.1 Å². The highest BCUT2D eigenvalue weighted by Gasteiger charge is 2.26. The lowest BCUT2D eigenvalue weighted by Crippen LogP contribution is -2.34. The summed E-state index contributed by atoms with van der Waals surface area (Å²) in [6.07, 6.45) is 2.12.